The van der Waals surface area contributed by atoms with Crippen LogP contribution in [-0.2, 0) is 0 Å². The van der Waals surface area contributed by atoms with Crippen LogP contribution in [0.1, 0.15) is 153 Å². The van der Waals surface area contributed by atoms with Crippen LogP contribution in [0.3, 0.4) is 0 Å². The fourth-order valence-corrected chi connectivity index (χ4v) is 7.78. The molecule has 0 N–H and O–H groups in total. The fraction of sp³-hybridized carbons (Fsp3) is 0.364. The molecule has 0 radical (unpaired) electrons. The molecule has 4 aromatic rings. The molecule has 8 heteroatoms. The van der Waals surface area contributed by atoms with Crippen LogP contribution >= 0.6 is 0 Å². The van der Waals surface area contributed by atoms with E-state index >= 15 is 0 Å². The number of hydrogen-bond donors (Lipinski definition) is 0. The summed E-state index contributed by atoms with van der Waals surface area (Å²) in [7, 11) is 0. The average molecular weight is 699 g/mol. The maximum atomic E-state index is 14.6. The van der Waals surface area contributed by atoms with E-state index in [4.69, 9.17) is 0 Å². The largest absolute Gasteiger partial charge is 0.298 e. The van der Waals surface area contributed by atoms with Gasteiger partial charge in [-0.25, -0.2) is 0 Å². The molecule has 268 valence electrons. The van der Waals surface area contributed by atoms with Crippen molar-refractivity contribution in [3.8, 4) is 22.3 Å². The van der Waals surface area contributed by atoms with Gasteiger partial charge in [-0.1, -0.05) is 127 Å². The standard InChI is InChI=1S/C44H46N2O6/c1-3-5-7-9-11-17-23-45-41(49)35-25-34(32-22-16-14-20-30(32)28-48)40-38-36(42(50)46(44(40)52)24-18-12-10-8-6-4-2)26-33(39(37(35)38)43(45)51)31-21-15-13-19-29(31)27-47/h13-16,19-22,25-28H,3-12,17-18,23-24H2,1-2H3. The molecule has 4 aromatic carbocycles. The van der Waals surface area contributed by atoms with Crippen LogP contribution in [0.2, 0.25) is 0 Å². The van der Waals surface area contributed by atoms with Gasteiger partial charge in [0.15, 0.2) is 12.6 Å². The van der Waals surface area contributed by atoms with Crippen molar-refractivity contribution < 1.29 is 28.8 Å². The molecular formula is C44H46N2O6. The third-order valence-corrected chi connectivity index (χ3v) is 10.5. The van der Waals surface area contributed by atoms with Gasteiger partial charge in [0.1, 0.15) is 0 Å². The second-order valence-electron chi connectivity index (χ2n) is 13.9. The molecule has 4 amide bonds. The van der Waals surface area contributed by atoms with Gasteiger partial charge in [-0.3, -0.25) is 38.6 Å². The number of imide groups is 2. The maximum absolute atomic E-state index is 14.6. The third kappa shape index (κ3) is 6.74. The molecule has 0 aromatic heterocycles. The Labute approximate surface area is 305 Å². The molecule has 6 rings (SSSR count). The number of rotatable bonds is 18. The summed E-state index contributed by atoms with van der Waals surface area (Å²) in [6.07, 6.45) is 13.0. The van der Waals surface area contributed by atoms with Crippen LogP contribution in [0.25, 0.3) is 33.0 Å². The van der Waals surface area contributed by atoms with Gasteiger partial charge in [-0.15, -0.1) is 0 Å². The van der Waals surface area contributed by atoms with Gasteiger partial charge in [0.25, 0.3) is 23.6 Å². The second-order valence-corrected chi connectivity index (χ2v) is 13.9. The van der Waals surface area contributed by atoms with Gasteiger partial charge >= 0.3 is 0 Å². The number of unbranched alkanes of at least 4 members (excludes halogenated alkanes) is 10. The van der Waals surface area contributed by atoms with Crippen LogP contribution in [0.5, 0.6) is 0 Å². The molecule has 52 heavy (non-hydrogen) atoms. The lowest BCUT2D eigenvalue weighted by Crippen LogP contribution is -2.44. The molecule has 0 unspecified atom stereocenters. The Hall–Kier alpha value is -5.24. The van der Waals surface area contributed by atoms with E-state index in [1.807, 2.05) is 0 Å². The third-order valence-electron chi connectivity index (χ3n) is 10.5. The summed E-state index contributed by atoms with van der Waals surface area (Å²) in [5.74, 6) is -2.06. The molecule has 0 fully saturated rings. The number of nitrogens with zero attached hydrogens (tertiary/aromatic N) is 2. The first kappa shape index (κ1) is 36.5. The minimum absolute atomic E-state index is 0.187. The first-order valence-electron chi connectivity index (χ1n) is 18.9. The Morgan fingerprint density at radius 3 is 1.19 bits per heavy atom. The molecule has 0 saturated heterocycles. The van der Waals surface area contributed by atoms with Crippen molar-refractivity contribution >= 4 is 47.0 Å². The van der Waals surface area contributed by atoms with E-state index in [1.54, 1.807) is 60.7 Å². The van der Waals surface area contributed by atoms with E-state index in [1.165, 1.54) is 9.80 Å². The first-order chi connectivity index (χ1) is 25.4. The van der Waals surface area contributed by atoms with E-state index in [9.17, 15) is 28.8 Å². The van der Waals surface area contributed by atoms with Crippen LogP contribution in [-0.4, -0.2) is 59.1 Å². The smallest absolute Gasteiger partial charge is 0.262 e. The Morgan fingerprint density at radius 1 is 0.442 bits per heavy atom. The van der Waals surface area contributed by atoms with Gasteiger partial charge < -0.3 is 0 Å². The number of amides is 4. The van der Waals surface area contributed by atoms with E-state index in [2.05, 4.69) is 13.8 Å². The van der Waals surface area contributed by atoms with Gasteiger partial charge in [-0.05, 0) is 47.2 Å². The van der Waals surface area contributed by atoms with Crippen molar-refractivity contribution in [3.63, 3.8) is 0 Å². The highest BCUT2D eigenvalue weighted by molar-refractivity contribution is 6.36. The molecule has 2 heterocycles. The van der Waals surface area contributed by atoms with E-state index in [0.29, 0.717) is 58.8 Å². The number of carbonyl (C=O) groups is 6. The Kier molecular flexibility index (Phi) is 11.5. The van der Waals surface area contributed by atoms with Crippen LogP contribution in [0.4, 0.5) is 0 Å². The normalized spacial score (nSPS) is 13.7. The summed E-state index contributed by atoms with van der Waals surface area (Å²) < 4.78 is 0. The molecule has 0 saturated carbocycles. The van der Waals surface area contributed by atoms with Crippen molar-refractivity contribution in [2.24, 2.45) is 0 Å². The number of aldehydes is 2. The molecule has 2 aliphatic rings. The summed E-state index contributed by atoms with van der Waals surface area (Å²) in [5, 5.41) is 0.483. The summed E-state index contributed by atoms with van der Waals surface area (Å²) in [5.41, 5.74) is 3.07. The molecule has 0 bridgehead atoms. The summed E-state index contributed by atoms with van der Waals surface area (Å²) >= 11 is 0. The predicted molar refractivity (Wildman–Crippen MR) is 203 cm³/mol. The Bertz CT molecular complexity index is 1920. The molecule has 0 atom stereocenters. The quantitative estimate of drug-likeness (QED) is 0.0582. The molecule has 2 aliphatic heterocycles. The zero-order chi connectivity index (χ0) is 36.8. The topological polar surface area (TPSA) is 109 Å². The van der Waals surface area contributed by atoms with Gasteiger partial charge in [0.2, 0.25) is 0 Å². The van der Waals surface area contributed by atoms with Crippen molar-refractivity contribution in [1.29, 1.82) is 0 Å². The highest BCUT2D eigenvalue weighted by Gasteiger charge is 2.43. The van der Waals surface area contributed by atoms with Gasteiger partial charge in [0, 0.05) is 46.1 Å². The number of benzene rings is 4. The molecule has 8 nitrogen and oxygen atoms in total. The lowest BCUT2D eigenvalue weighted by Gasteiger charge is -2.35. The minimum atomic E-state index is -0.519. The zero-order valence-electron chi connectivity index (χ0n) is 30.2. The van der Waals surface area contributed by atoms with Gasteiger partial charge in [0.05, 0.1) is 11.1 Å². The van der Waals surface area contributed by atoms with Crippen molar-refractivity contribution in [3.05, 3.63) is 94.0 Å². The monoisotopic (exact) mass is 698 g/mol. The first-order valence-corrected chi connectivity index (χ1v) is 18.9. The van der Waals surface area contributed by atoms with E-state index in [-0.39, 0.29) is 46.1 Å². The van der Waals surface area contributed by atoms with Crippen molar-refractivity contribution in [2.75, 3.05) is 13.1 Å². The lowest BCUT2D eigenvalue weighted by atomic mass is 9.78. The van der Waals surface area contributed by atoms with E-state index < -0.39 is 23.6 Å². The van der Waals surface area contributed by atoms with Gasteiger partial charge in [-0.2, -0.15) is 0 Å². The summed E-state index contributed by atoms with van der Waals surface area (Å²) in [4.78, 5) is 85.5. The number of carbonyl (C=O) groups excluding carboxylic acids is 6. The second kappa shape index (κ2) is 16.4. The van der Waals surface area contributed by atoms with Crippen LogP contribution < -0.4 is 0 Å². The van der Waals surface area contributed by atoms with Crippen LogP contribution in [0, 0.1) is 0 Å². The molecule has 0 aliphatic carbocycles. The predicted octanol–water partition coefficient (Wildman–Crippen LogP) is 9.71. The Morgan fingerprint density at radius 2 is 0.808 bits per heavy atom. The lowest BCUT2D eigenvalue weighted by molar-refractivity contribution is 0.0587. The van der Waals surface area contributed by atoms with Crippen molar-refractivity contribution in [2.45, 2.75) is 90.9 Å². The zero-order valence-corrected chi connectivity index (χ0v) is 30.2. The summed E-state index contributed by atoms with van der Waals surface area (Å²) in [6.45, 7) is 4.70. The van der Waals surface area contributed by atoms with Crippen LogP contribution in [0.15, 0.2) is 60.7 Å². The summed E-state index contributed by atoms with van der Waals surface area (Å²) in [6, 6.07) is 17.0. The number of hydrogen-bond acceptors (Lipinski definition) is 6. The average Bonchev–Trinajstić information content (AvgIpc) is 3.17. The fourth-order valence-electron chi connectivity index (χ4n) is 7.78. The SMILES string of the molecule is CCCCCCCCN1C(=O)c2cc(-c3ccccc3C=O)c3c4c(cc(-c5ccccc5C=O)c(c24)C1=O)C(=O)N(CCCCCCCC)C3=O. The van der Waals surface area contributed by atoms with E-state index in [0.717, 1.165) is 64.2 Å². The minimum Gasteiger partial charge on any atom is -0.298 e. The Balaban J connectivity index is 1.59. The maximum Gasteiger partial charge on any atom is 0.262 e. The van der Waals surface area contributed by atoms with Crippen molar-refractivity contribution in [1.82, 2.24) is 9.80 Å². The molecule has 0 spiro atoms. The highest BCUT2D eigenvalue weighted by atomic mass is 16.2. The molecular weight excluding hydrogens is 652 g/mol. The highest BCUT2D eigenvalue weighted by Crippen LogP contribution is 2.47.